The maximum atomic E-state index is 12.2. The Bertz CT molecular complexity index is 267. The van der Waals surface area contributed by atoms with Gasteiger partial charge < -0.3 is 4.74 Å². The molecule has 0 N–H and O–H groups in total. The van der Waals surface area contributed by atoms with Crippen LogP contribution in [0.5, 0.6) is 0 Å². The summed E-state index contributed by atoms with van der Waals surface area (Å²) in [5.74, 6) is 2.13. The summed E-state index contributed by atoms with van der Waals surface area (Å²) < 4.78 is 5.55. The molecule has 0 saturated carbocycles. The molecule has 0 bridgehead atoms. The van der Waals surface area contributed by atoms with Crippen molar-refractivity contribution in [1.29, 1.82) is 0 Å². The summed E-state index contributed by atoms with van der Waals surface area (Å²) in [6.07, 6.45) is 9.01. The Morgan fingerprint density at radius 3 is 3.00 bits per heavy atom. The molecule has 2 nitrogen and oxygen atoms in total. The van der Waals surface area contributed by atoms with Crippen molar-refractivity contribution in [3.8, 4) is 0 Å². The summed E-state index contributed by atoms with van der Waals surface area (Å²) >= 11 is 1.83. The standard InChI is InChI=1S/C13H20O2S/c14-13(12-10-16-9-8-15-12)11-6-4-2-1-3-5-7-11/h6,12H,1-5,7-10H2. The third-order valence-electron chi connectivity index (χ3n) is 3.22. The van der Waals surface area contributed by atoms with E-state index in [0.29, 0.717) is 0 Å². The molecule has 1 heterocycles. The minimum atomic E-state index is -0.163. The van der Waals surface area contributed by atoms with E-state index < -0.39 is 0 Å². The molecule has 0 radical (unpaired) electrons. The fraction of sp³-hybridized carbons (Fsp3) is 0.769. The predicted molar refractivity (Wildman–Crippen MR) is 67.9 cm³/mol. The van der Waals surface area contributed by atoms with E-state index in [0.717, 1.165) is 42.9 Å². The first-order valence-corrected chi connectivity index (χ1v) is 7.46. The number of carbonyl (C=O) groups excluding carboxylic acids is 1. The van der Waals surface area contributed by atoms with E-state index in [4.69, 9.17) is 4.74 Å². The van der Waals surface area contributed by atoms with Crippen molar-refractivity contribution < 1.29 is 9.53 Å². The Labute approximate surface area is 102 Å². The summed E-state index contributed by atoms with van der Waals surface area (Å²) in [5.41, 5.74) is 1.03. The second-order valence-electron chi connectivity index (χ2n) is 4.48. The van der Waals surface area contributed by atoms with Gasteiger partial charge in [-0.05, 0) is 31.3 Å². The van der Waals surface area contributed by atoms with Crippen LogP contribution in [-0.2, 0) is 9.53 Å². The fourth-order valence-electron chi connectivity index (χ4n) is 2.26. The highest BCUT2D eigenvalue weighted by molar-refractivity contribution is 7.99. The molecule has 0 aromatic carbocycles. The lowest BCUT2D eigenvalue weighted by atomic mass is 9.95. The lowest BCUT2D eigenvalue weighted by molar-refractivity contribution is -0.125. The van der Waals surface area contributed by atoms with Gasteiger partial charge >= 0.3 is 0 Å². The van der Waals surface area contributed by atoms with Crippen LogP contribution in [0, 0.1) is 0 Å². The van der Waals surface area contributed by atoms with Gasteiger partial charge in [-0.2, -0.15) is 11.8 Å². The number of Topliss-reactive ketones (excluding diaryl/α,β-unsaturated/α-hetero) is 1. The third-order valence-corrected chi connectivity index (χ3v) is 4.21. The normalized spacial score (nSPS) is 27.8. The number of ketones is 1. The van der Waals surface area contributed by atoms with E-state index in [1.165, 1.54) is 19.3 Å². The Hall–Kier alpha value is -0.280. The summed E-state index contributed by atoms with van der Waals surface area (Å²) in [7, 11) is 0. The molecule has 1 atom stereocenters. The Morgan fingerprint density at radius 2 is 2.19 bits per heavy atom. The molecule has 1 fully saturated rings. The van der Waals surface area contributed by atoms with Crippen molar-refractivity contribution >= 4 is 17.5 Å². The van der Waals surface area contributed by atoms with E-state index in [2.05, 4.69) is 6.08 Å². The number of allylic oxidation sites excluding steroid dienone is 1. The molecule has 1 saturated heterocycles. The summed E-state index contributed by atoms with van der Waals surface area (Å²) in [6.45, 7) is 0.731. The molecule has 1 unspecified atom stereocenters. The Balaban J connectivity index is 1.95. The smallest absolute Gasteiger partial charge is 0.188 e. The highest BCUT2D eigenvalue weighted by atomic mass is 32.2. The van der Waals surface area contributed by atoms with Crippen molar-refractivity contribution in [2.24, 2.45) is 0 Å². The zero-order chi connectivity index (χ0) is 11.2. The first-order valence-electron chi connectivity index (χ1n) is 6.30. The van der Waals surface area contributed by atoms with Crippen molar-refractivity contribution in [1.82, 2.24) is 0 Å². The molecule has 1 aliphatic heterocycles. The van der Waals surface area contributed by atoms with Crippen LogP contribution in [0.2, 0.25) is 0 Å². The molecule has 0 amide bonds. The number of carbonyl (C=O) groups is 1. The molecule has 0 aromatic rings. The van der Waals surface area contributed by atoms with Gasteiger partial charge in [0.2, 0.25) is 0 Å². The molecule has 3 heteroatoms. The summed E-state index contributed by atoms with van der Waals surface area (Å²) in [4.78, 5) is 12.2. The molecule has 0 spiro atoms. The van der Waals surface area contributed by atoms with Crippen LogP contribution in [0.4, 0.5) is 0 Å². The van der Waals surface area contributed by atoms with Crippen LogP contribution in [0.25, 0.3) is 0 Å². The minimum absolute atomic E-state index is 0.163. The second-order valence-corrected chi connectivity index (χ2v) is 5.63. The van der Waals surface area contributed by atoms with Gasteiger partial charge in [0.15, 0.2) is 5.78 Å². The molecule has 1 aliphatic carbocycles. The van der Waals surface area contributed by atoms with E-state index >= 15 is 0 Å². The zero-order valence-electron chi connectivity index (χ0n) is 9.74. The Kier molecular flexibility index (Phi) is 4.91. The quantitative estimate of drug-likeness (QED) is 0.742. The first kappa shape index (κ1) is 12.2. The fourth-order valence-corrected chi connectivity index (χ4v) is 3.10. The van der Waals surface area contributed by atoms with E-state index in [1.807, 2.05) is 11.8 Å². The topological polar surface area (TPSA) is 26.3 Å². The molecule has 0 aromatic heterocycles. The summed E-state index contributed by atoms with van der Waals surface area (Å²) in [6, 6.07) is 0. The molecular weight excluding hydrogens is 220 g/mol. The van der Waals surface area contributed by atoms with Crippen LogP contribution in [-0.4, -0.2) is 30.0 Å². The van der Waals surface area contributed by atoms with Crippen LogP contribution < -0.4 is 0 Å². The molecule has 90 valence electrons. The monoisotopic (exact) mass is 240 g/mol. The highest BCUT2D eigenvalue weighted by Gasteiger charge is 2.25. The van der Waals surface area contributed by atoms with Crippen LogP contribution >= 0.6 is 11.8 Å². The maximum absolute atomic E-state index is 12.2. The van der Waals surface area contributed by atoms with Crippen LogP contribution in [0.1, 0.15) is 38.5 Å². The molecular formula is C13H20O2S. The van der Waals surface area contributed by atoms with Crippen molar-refractivity contribution in [2.75, 3.05) is 18.1 Å². The zero-order valence-corrected chi connectivity index (χ0v) is 10.6. The van der Waals surface area contributed by atoms with Crippen molar-refractivity contribution in [3.05, 3.63) is 11.6 Å². The lowest BCUT2D eigenvalue weighted by Gasteiger charge is -2.22. The third kappa shape index (κ3) is 3.36. The number of thioether (sulfide) groups is 1. The molecule has 2 rings (SSSR count). The van der Waals surface area contributed by atoms with Crippen LogP contribution in [0.15, 0.2) is 11.6 Å². The average Bonchev–Trinajstić information content (AvgIpc) is 2.29. The maximum Gasteiger partial charge on any atom is 0.188 e. The van der Waals surface area contributed by atoms with E-state index in [1.54, 1.807) is 0 Å². The van der Waals surface area contributed by atoms with Crippen LogP contribution in [0.3, 0.4) is 0 Å². The van der Waals surface area contributed by atoms with Gasteiger partial charge in [-0.25, -0.2) is 0 Å². The van der Waals surface area contributed by atoms with Gasteiger partial charge in [0, 0.05) is 11.5 Å². The number of rotatable bonds is 2. The van der Waals surface area contributed by atoms with Gasteiger partial charge in [0.25, 0.3) is 0 Å². The van der Waals surface area contributed by atoms with E-state index in [9.17, 15) is 4.79 Å². The van der Waals surface area contributed by atoms with Gasteiger partial charge in [0.1, 0.15) is 6.10 Å². The Morgan fingerprint density at radius 1 is 1.31 bits per heavy atom. The van der Waals surface area contributed by atoms with Gasteiger partial charge in [-0.3, -0.25) is 4.79 Å². The van der Waals surface area contributed by atoms with Gasteiger partial charge in [0.05, 0.1) is 6.61 Å². The number of ether oxygens (including phenoxy) is 1. The van der Waals surface area contributed by atoms with Gasteiger partial charge in [-0.1, -0.05) is 18.9 Å². The van der Waals surface area contributed by atoms with Gasteiger partial charge in [-0.15, -0.1) is 0 Å². The first-order chi connectivity index (χ1) is 7.88. The van der Waals surface area contributed by atoms with Crippen molar-refractivity contribution in [2.45, 2.75) is 44.6 Å². The minimum Gasteiger partial charge on any atom is -0.368 e. The molecule has 2 aliphatic rings. The summed E-state index contributed by atoms with van der Waals surface area (Å²) in [5, 5.41) is 0. The predicted octanol–water partition coefficient (Wildman–Crippen LogP) is 2.97. The largest absolute Gasteiger partial charge is 0.368 e. The number of hydrogen-bond acceptors (Lipinski definition) is 3. The van der Waals surface area contributed by atoms with Crippen molar-refractivity contribution in [3.63, 3.8) is 0 Å². The van der Waals surface area contributed by atoms with E-state index in [-0.39, 0.29) is 11.9 Å². The highest BCUT2D eigenvalue weighted by Crippen LogP contribution is 2.22. The SMILES string of the molecule is O=C(C1=CCCCCCC1)C1CSCCO1. The number of hydrogen-bond donors (Lipinski definition) is 0. The second kappa shape index (κ2) is 6.45. The average molecular weight is 240 g/mol. The lowest BCUT2D eigenvalue weighted by Crippen LogP contribution is -2.32. The molecule has 16 heavy (non-hydrogen) atoms.